The minimum atomic E-state index is -3.59. The molecule has 0 bridgehead atoms. The van der Waals surface area contributed by atoms with Gasteiger partial charge in [0.05, 0.1) is 19.5 Å². The number of urea groups is 1. The summed E-state index contributed by atoms with van der Waals surface area (Å²) in [6, 6.07) is 9.14. The molecule has 0 spiro atoms. The van der Waals surface area contributed by atoms with Crippen molar-refractivity contribution in [1.82, 2.24) is 14.9 Å². The Morgan fingerprint density at radius 2 is 1.79 bits per heavy atom. The van der Waals surface area contributed by atoms with Gasteiger partial charge in [0.25, 0.3) is 0 Å². The molecular weight excluding hydrogens is 386 g/mol. The maximum absolute atomic E-state index is 12.4. The van der Waals surface area contributed by atoms with E-state index in [9.17, 15) is 13.2 Å². The van der Waals surface area contributed by atoms with E-state index in [0.717, 1.165) is 31.1 Å². The Balaban J connectivity index is 1.55. The van der Waals surface area contributed by atoms with Crippen molar-refractivity contribution in [3.05, 3.63) is 35.9 Å². The first kappa shape index (κ1) is 21.0. The number of carbonyl (C=O) groups is 1. The Hall–Kier alpha value is -1.72. The van der Waals surface area contributed by atoms with Crippen molar-refractivity contribution in [1.29, 1.82) is 0 Å². The van der Waals surface area contributed by atoms with E-state index in [0.29, 0.717) is 13.1 Å². The van der Waals surface area contributed by atoms with Crippen molar-refractivity contribution in [2.24, 2.45) is 0 Å². The summed E-state index contributed by atoms with van der Waals surface area (Å²) in [5, 5.41) is 2.60. The van der Waals surface area contributed by atoms with E-state index in [1.165, 1.54) is 0 Å². The van der Waals surface area contributed by atoms with Gasteiger partial charge in [-0.3, -0.25) is 5.32 Å². The lowest BCUT2D eigenvalue weighted by atomic mass is 10.1. The molecule has 0 aromatic heterocycles. The average Bonchev–Trinajstić information content (AvgIpc) is 2.68. The van der Waals surface area contributed by atoms with Crippen molar-refractivity contribution in [2.75, 3.05) is 32.6 Å². The predicted molar refractivity (Wildman–Crippen MR) is 102 cm³/mol. The maximum Gasteiger partial charge on any atom is 0.320 e. The second kappa shape index (κ2) is 9.66. The lowest BCUT2D eigenvalue weighted by Gasteiger charge is -2.33. The summed E-state index contributed by atoms with van der Waals surface area (Å²) in [6.07, 6.45) is 1.74. The number of carbonyl (C=O) groups excluding carboxylic acids is 1. The van der Waals surface area contributed by atoms with Crippen molar-refractivity contribution in [2.45, 2.75) is 38.0 Å². The molecule has 1 unspecified atom stereocenters. The van der Waals surface area contributed by atoms with E-state index in [-0.39, 0.29) is 19.2 Å². The van der Waals surface area contributed by atoms with Crippen LogP contribution < -0.4 is 10.0 Å². The second-order valence-corrected chi connectivity index (χ2v) is 8.71. The van der Waals surface area contributed by atoms with E-state index in [1.54, 1.807) is 4.90 Å². The van der Waals surface area contributed by atoms with Crippen molar-refractivity contribution in [3.8, 4) is 0 Å². The molecule has 2 aliphatic heterocycles. The number of rotatable bonds is 6. The van der Waals surface area contributed by atoms with Crippen LogP contribution in [0.1, 0.15) is 31.1 Å². The number of amides is 2. The Morgan fingerprint density at radius 1 is 1.14 bits per heavy atom. The highest BCUT2D eigenvalue weighted by Crippen LogP contribution is 2.23. The highest BCUT2D eigenvalue weighted by atomic mass is 32.2. The highest BCUT2D eigenvalue weighted by molar-refractivity contribution is 7.88. The fourth-order valence-electron chi connectivity index (χ4n) is 3.15. The first-order valence-corrected chi connectivity index (χ1v) is 11.3. The standard InChI is InChI=1S/C18H27N3O6S/c1-28(23,24)20-17(19-18(22)21-10-6-3-7-11-21)27-15-12-25-16(26-13-15)14-8-4-2-5-9-14/h2,4-5,8-9,15-17,20H,3,6-7,10-13H2,1H3,(H,19,22). The fraction of sp³-hybridized carbons (Fsp3) is 0.611. The number of hydrogen-bond acceptors (Lipinski definition) is 6. The summed E-state index contributed by atoms with van der Waals surface area (Å²) in [5.74, 6) is 0. The van der Waals surface area contributed by atoms with Crippen LogP contribution in [-0.4, -0.2) is 64.4 Å². The molecule has 2 saturated heterocycles. The minimum absolute atomic E-state index is 0.209. The van der Waals surface area contributed by atoms with Gasteiger partial charge in [-0.2, -0.15) is 4.72 Å². The summed E-state index contributed by atoms with van der Waals surface area (Å²) in [5.41, 5.74) is 0.894. The maximum atomic E-state index is 12.4. The number of likely N-dealkylation sites (tertiary alicyclic amines) is 1. The second-order valence-electron chi connectivity index (χ2n) is 6.93. The van der Waals surface area contributed by atoms with Gasteiger partial charge in [0.1, 0.15) is 6.10 Å². The molecule has 0 saturated carbocycles. The summed E-state index contributed by atoms with van der Waals surface area (Å²) in [4.78, 5) is 14.1. The monoisotopic (exact) mass is 413 g/mol. The Kier molecular flexibility index (Phi) is 7.24. The molecule has 2 amide bonds. The number of nitrogens with one attached hydrogen (secondary N) is 2. The molecule has 2 heterocycles. The van der Waals surface area contributed by atoms with E-state index in [1.807, 2.05) is 30.3 Å². The molecule has 1 atom stereocenters. The van der Waals surface area contributed by atoms with E-state index in [2.05, 4.69) is 10.0 Å². The Bertz CT molecular complexity index is 731. The van der Waals surface area contributed by atoms with Gasteiger partial charge in [-0.1, -0.05) is 30.3 Å². The summed E-state index contributed by atoms with van der Waals surface area (Å²) >= 11 is 0. The van der Waals surface area contributed by atoms with Gasteiger partial charge in [-0.05, 0) is 19.3 Å². The number of piperidine rings is 1. The van der Waals surface area contributed by atoms with Gasteiger partial charge < -0.3 is 19.1 Å². The molecular formula is C18H27N3O6S. The van der Waals surface area contributed by atoms with Crippen LogP contribution in [0.5, 0.6) is 0 Å². The third-order valence-corrected chi connectivity index (χ3v) is 5.13. The van der Waals surface area contributed by atoms with Gasteiger partial charge in [0, 0.05) is 18.7 Å². The Morgan fingerprint density at radius 3 is 2.39 bits per heavy atom. The quantitative estimate of drug-likeness (QED) is 0.678. The molecule has 2 fully saturated rings. The molecule has 1 aromatic carbocycles. The molecule has 1 aromatic rings. The molecule has 2 N–H and O–H groups in total. The van der Waals surface area contributed by atoms with Crippen LogP contribution in [0.3, 0.4) is 0 Å². The average molecular weight is 413 g/mol. The number of nitrogens with zero attached hydrogens (tertiary/aromatic N) is 1. The number of sulfonamides is 1. The summed E-state index contributed by atoms with van der Waals surface area (Å²) in [6.45, 7) is 1.71. The summed E-state index contributed by atoms with van der Waals surface area (Å²) < 4.78 is 42.7. The van der Waals surface area contributed by atoms with Crippen LogP contribution in [0.15, 0.2) is 30.3 Å². The minimum Gasteiger partial charge on any atom is -0.346 e. The predicted octanol–water partition coefficient (Wildman–Crippen LogP) is 1.15. The third kappa shape index (κ3) is 6.42. The molecule has 2 aliphatic rings. The van der Waals surface area contributed by atoms with Crippen LogP contribution in [0.2, 0.25) is 0 Å². The first-order chi connectivity index (χ1) is 13.4. The zero-order valence-corrected chi connectivity index (χ0v) is 16.7. The molecule has 3 rings (SSSR count). The lowest BCUT2D eigenvalue weighted by molar-refractivity contribution is -0.240. The van der Waals surface area contributed by atoms with Gasteiger partial charge in [0.2, 0.25) is 16.4 Å². The van der Waals surface area contributed by atoms with Crippen molar-refractivity contribution < 1.29 is 27.4 Å². The van der Waals surface area contributed by atoms with E-state index >= 15 is 0 Å². The SMILES string of the molecule is CS(=O)(=O)NC(NC(=O)N1CCCCC1)OC1COC(c2ccccc2)OC1. The normalized spacial score (nSPS) is 24.5. The van der Waals surface area contributed by atoms with Gasteiger partial charge in [-0.25, -0.2) is 13.2 Å². The molecule has 9 nitrogen and oxygen atoms in total. The smallest absolute Gasteiger partial charge is 0.320 e. The molecule has 0 radical (unpaired) electrons. The third-order valence-electron chi connectivity index (χ3n) is 4.49. The van der Waals surface area contributed by atoms with Crippen LogP contribution in [0, 0.1) is 0 Å². The lowest BCUT2D eigenvalue weighted by Crippen LogP contribution is -2.56. The van der Waals surface area contributed by atoms with E-state index < -0.39 is 28.8 Å². The largest absolute Gasteiger partial charge is 0.346 e. The molecule has 156 valence electrons. The first-order valence-electron chi connectivity index (χ1n) is 9.37. The van der Waals surface area contributed by atoms with Crippen molar-refractivity contribution >= 4 is 16.1 Å². The van der Waals surface area contributed by atoms with E-state index in [4.69, 9.17) is 14.2 Å². The number of hydrogen-bond donors (Lipinski definition) is 2. The molecule has 10 heteroatoms. The van der Waals surface area contributed by atoms with Crippen LogP contribution >= 0.6 is 0 Å². The zero-order chi connectivity index (χ0) is 20.0. The van der Waals surface area contributed by atoms with Gasteiger partial charge in [0.15, 0.2) is 6.29 Å². The van der Waals surface area contributed by atoms with Crippen molar-refractivity contribution in [3.63, 3.8) is 0 Å². The Labute approximate surface area is 165 Å². The van der Waals surface area contributed by atoms with Gasteiger partial charge >= 0.3 is 6.03 Å². The number of ether oxygens (including phenoxy) is 3. The summed E-state index contributed by atoms with van der Waals surface area (Å²) in [7, 11) is -3.59. The molecule has 28 heavy (non-hydrogen) atoms. The van der Waals surface area contributed by atoms with Crippen LogP contribution in [0.25, 0.3) is 0 Å². The van der Waals surface area contributed by atoms with Gasteiger partial charge in [-0.15, -0.1) is 0 Å². The van der Waals surface area contributed by atoms with Crippen LogP contribution in [0.4, 0.5) is 4.79 Å². The topological polar surface area (TPSA) is 106 Å². The molecule has 0 aliphatic carbocycles. The number of benzene rings is 1. The van der Waals surface area contributed by atoms with Crippen LogP contribution in [-0.2, 0) is 24.2 Å². The fourth-order valence-corrected chi connectivity index (χ4v) is 3.65. The zero-order valence-electron chi connectivity index (χ0n) is 15.9. The highest BCUT2D eigenvalue weighted by Gasteiger charge is 2.29.